The summed E-state index contributed by atoms with van der Waals surface area (Å²) in [5.41, 5.74) is 1.78. The highest BCUT2D eigenvalue weighted by molar-refractivity contribution is 5.93. The summed E-state index contributed by atoms with van der Waals surface area (Å²) in [7, 11) is 1.70. The average Bonchev–Trinajstić information content (AvgIpc) is 3.30. The molecule has 2 aromatic rings. The van der Waals surface area contributed by atoms with Crippen molar-refractivity contribution in [2.75, 3.05) is 26.7 Å². The molecule has 1 aliphatic carbocycles. The van der Waals surface area contributed by atoms with Gasteiger partial charge in [0.05, 0.1) is 30.1 Å². The monoisotopic (exact) mass is 398 g/mol. The zero-order valence-corrected chi connectivity index (χ0v) is 16.7. The molecule has 2 amide bonds. The summed E-state index contributed by atoms with van der Waals surface area (Å²) in [6.45, 7) is 3.40. The van der Waals surface area contributed by atoms with Crippen LogP contribution < -0.4 is 5.32 Å². The highest BCUT2D eigenvalue weighted by Crippen LogP contribution is 2.29. The number of aliphatic hydroxyl groups excluding tert-OH is 1. The SMILES string of the molecule is Cc1c(C(=O)N(C)[C@@H]2CC[C@@H](N3CCNC(=O)C3)[C@@H]2O)nnn1-c1ccccc1. The Bertz CT molecular complexity index is 899. The molecule has 1 aromatic heterocycles. The number of rotatable bonds is 4. The number of benzene rings is 1. The summed E-state index contributed by atoms with van der Waals surface area (Å²) < 4.78 is 1.64. The standard InChI is InChI=1S/C20H26N6O3/c1-13-18(22-23-26(13)14-6-4-3-5-7-14)20(29)24(2)15-8-9-16(19(15)28)25-11-10-21-17(27)12-25/h3-7,15-16,19,28H,8-12H2,1-2H3,(H,21,27)/t15-,16-,19-/m1/s1. The van der Waals surface area contributed by atoms with Gasteiger partial charge in [-0.2, -0.15) is 0 Å². The highest BCUT2D eigenvalue weighted by atomic mass is 16.3. The van der Waals surface area contributed by atoms with Crippen molar-refractivity contribution in [1.29, 1.82) is 0 Å². The van der Waals surface area contributed by atoms with E-state index < -0.39 is 6.10 Å². The van der Waals surface area contributed by atoms with Gasteiger partial charge in [-0.1, -0.05) is 23.4 Å². The molecule has 9 nitrogen and oxygen atoms in total. The lowest BCUT2D eigenvalue weighted by Gasteiger charge is -2.35. The molecule has 3 atom stereocenters. The van der Waals surface area contributed by atoms with Crippen molar-refractivity contribution >= 4 is 11.8 Å². The van der Waals surface area contributed by atoms with E-state index in [0.29, 0.717) is 25.2 Å². The molecule has 2 fully saturated rings. The Kier molecular flexibility index (Phi) is 5.33. The summed E-state index contributed by atoms with van der Waals surface area (Å²) in [6, 6.07) is 9.08. The average molecular weight is 398 g/mol. The van der Waals surface area contributed by atoms with Crippen LogP contribution in [0.1, 0.15) is 29.0 Å². The molecule has 0 radical (unpaired) electrons. The van der Waals surface area contributed by atoms with Gasteiger partial charge >= 0.3 is 0 Å². The number of likely N-dealkylation sites (N-methyl/N-ethyl adjacent to an activating group) is 1. The van der Waals surface area contributed by atoms with Crippen LogP contribution >= 0.6 is 0 Å². The number of aromatic nitrogens is 3. The third-order valence-electron chi connectivity index (χ3n) is 6.00. The Hall–Kier alpha value is -2.78. The zero-order valence-electron chi connectivity index (χ0n) is 16.7. The molecule has 0 spiro atoms. The molecule has 2 N–H and O–H groups in total. The minimum absolute atomic E-state index is 0.0236. The number of aliphatic hydroxyl groups is 1. The van der Waals surface area contributed by atoms with Crippen molar-refractivity contribution < 1.29 is 14.7 Å². The maximum atomic E-state index is 13.1. The molecular formula is C20H26N6O3. The number of hydrogen-bond acceptors (Lipinski definition) is 6. The second-order valence-corrected chi connectivity index (χ2v) is 7.71. The van der Waals surface area contributed by atoms with Crippen LogP contribution in [0, 0.1) is 6.92 Å². The van der Waals surface area contributed by atoms with Gasteiger partial charge in [-0.15, -0.1) is 5.10 Å². The van der Waals surface area contributed by atoms with E-state index in [1.807, 2.05) is 42.2 Å². The molecular weight excluding hydrogens is 372 g/mol. The van der Waals surface area contributed by atoms with Crippen molar-refractivity contribution in [2.45, 2.75) is 38.0 Å². The number of amides is 2. The van der Waals surface area contributed by atoms with Crippen molar-refractivity contribution in [2.24, 2.45) is 0 Å². The number of carbonyl (C=O) groups excluding carboxylic acids is 2. The Morgan fingerprint density at radius 3 is 2.76 bits per heavy atom. The van der Waals surface area contributed by atoms with Gasteiger partial charge < -0.3 is 15.3 Å². The lowest BCUT2D eigenvalue weighted by molar-refractivity contribution is -0.125. The lowest BCUT2D eigenvalue weighted by Crippen LogP contribution is -2.55. The van der Waals surface area contributed by atoms with Gasteiger partial charge in [-0.05, 0) is 31.9 Å². The Balaban J connectivity index is 1.49. The van der Waals surface area contributed by atoms with Crippen molar-refractivity contribution in [3.63, 3.8) is 0 Å². The zero-order chi connectivity index (χ0) is 20.5. The van der Waals surface area contributed by atoms with Crippen LogP contribution in [0.15, 0.2) is 30.3 Å². The second-order valence-electron chi connectivity index (χ2n) is 7.71. The largest absolute Gasteiger partial charge is 0.389 e. The van der Waals surface area contributed by atoms with Gasteiger partial charge in [0.2, 0.25) is 5.91 Å². The van der Waals surface area contributed by atoms with Gasteiger partial charge in [-0.3, -0.25) is 14.5 Å². The molecule has 154 valence electrons. The maximum absolute atomic E-state index is 13.1. The Morgan fingerprint density at radius 1 is 1.28 bits per heavy atom. The molecule has 29 heavy (non-hydrogen) atoms. The number of nitrogens with one attached hydrogen (secondary N) is 1. The molecule has 4 rings (SSSR count). The van der Waals surface area contributed by atoms with E-state index in [4.69, 9.17) is 0 Å². The number of piperazine rings is 1. The molecule has 1 saturated carbocycles. The maximum Gasteiger partial charge on any atom is 0.276 e. The van der Waals surface area contributed by atoms with E-state index in [0.717, 1.165) is 12.1 Å². The molecule has 2 aliphatic rings. The van der Waals surface area contributed by atoms with E-state index in [2.05, 4.69) is 15.6 Å². The predicted octanol–water partition coefficient (Wildman–Crippen LogP) is -0.0286. The summed E-state index contributed by atoms with van der Waals surface area (Å²) >= 11 is 0. The molecule has 0 unspecified atom stereocenters. The lowest BCUT2D eigenvalue weighted by atomic mass is 10.1. The first-order valence-electron chi connectivity index (χ1n) is 9.91. The highest BCUT2D eigenvalue weighted by Gasteiger charge is 2.43. The Labute approximate surface area is 169 Å². The van der Waals surface area contributed by atoms with E-state index in [1.54, 1.807) is 16.6 Å². The van der Waals surface area contributed by atoms with Crippen molar-refractivity contribution in [3.05, 3.63) is 41.7 Å². The number of nitrogens with zero attached hydrogens (tertiary/aromatic N) is 5. The molecule has 1 saturated heterocycles. The summed E-state index contributed by atoms with van der Waals surface area (Å²) in [4.78, 5) is 28.4. The summed E-state index contributed by atoms with van der Waals surface area (Å²) in [6.07, 6.45) is 0.712. The first-order valence-corrected chi connectivity index (χ1v) is 9.91. The third kappa shape index (κ3) is 3.63. The van der Waals surface area contributed by atoms with E-state index in [1.165, 1.54) is 0 Å². The normalized spacial score (nSPS) is 25.1. The Morgan fingerprint density at radius 2 is 2.03 bits per heavy atom. The predicted molar refractivity (Wildman–Crippen MR) is 106 cm³/mol. The minimum Gasteiger partial charge on any atom is -0.389 e. The molecule has 1 aliphatic heterocycles. The quantitative estimate of drug-likeness (QED) is 0.750. The number of para-hydroxylation sites is 1. The molecule has 2 heterocycles. The topological polar surface area (TPSA) is 104 Å². The van der Waals surface area contributed by atoms with Crippen LogP contribution in [-0.2, 0) is 4.79 Å². The van der Waals surface area contributed by atoms with E-state index in [-0.39, 0.29) is 36.1 Å². The van der Waals surface area contributed by atoms with Crippen molar-refractivity contribution in [3.8, 4) is 5.69 Å². The van der Waals surface area contributed by atoms with Crippen LogP contribution in [0.3, 0.4) is 0 Å². The first-order chi connectivity index (χ1) is 14.0. The second kappa shape index (κ2) is 7.92. The van der Waals surface area contributed by atoms with Gasteiger partial charge in [0.25, 0.3) is 5.91 Å². The smallest absolute Gasteiger partial charge is 0.276 e. The van der Waals surface area contributed by atoms with E-state index in [9.17, 15) is 14.7 Å². The summed E-state index contributed by atoms with van der Waals surface area (Å²) in [5.74, 6) is -0.282. The van der Waals surface area contributed by atoms with Crippen LogP contribution in [0.4, 0.5) is 0 Å². The van der Waals surface area contributed by atoms with Crippen LogP contribution in [0.2, 0.25) is 0 Å². The van der Waals surface area contributed by atoms with Gasteiger partial charge in [0, 0.05) is 26.2 Å². The molecule has 0 bridgehead atoms. The fraction of sp³-hybridized carbons (Fsp3) is 0.500. The van der Waals surface area contributed by atoms with Gasteiger partial charge in [0.15, 0.2) is 5.69 Å². The fourth-order valence-corrected chi connectivity index (χ4v) is 4.36. The first kappa shape index (κ1) is 19.5. The van der Waals surface area contributed by atoms with Crippen LogP contribution in [0.25, 0.3) is 5.69 Å². The van der Waals surface area contributed by atoms with E-state index >= 15 is 0 Å². The van der Waals surface area contributed by atoms with Crippen LogP contribution in [-0.4, -0.2) is 86.6 Å². The third-order valence-corrected chi connectivity index (χ3v) is 6.00. The van der Waals surface area contributed by atoms with Crippen LogP contribution in [0.5, 0.6) is 0 Å². The molecule has 1 aromatic carbocycles. The van der Waals surface area contributed by atoms with Gasteiger partial charge in [0.1, 0.15) is 0 Å². The number of carbonyl (C=O) groups is 2. The minimum atomic E-state index is -0.709. The van der Waals surface area contributed by atoms with Crippen molar-refractivity contribution in [1.82, 2.24) is 30.1 Å². The van der Waals surface area contributed by atoms with Gasteiger partial charge in [-0.25, -0.2) is 4.68 Å². The molecule has 9 heteroatoms. The fourth-order valence-electron chi connectivity index (χ4n) is 4.36. The summed E-state index contributed by atoms with van der Waals surface area (Å²) in [5, 5.41) is 21.9. The number of hydrogen-bond donors (Lipinski definition) is 2.